The molecule has 3 heterocycles. The van der Waals surface area contributed by atoms with Crippen LogP contribution in [-0.4, -0.2) is 28.9 Å². The third kappa shape index (κ3) is 3.07. The van der Waals surface area contributed by atoms with Gasteiger partial charge in [-0.2, -0.15) is 5.10 Å². The average Bonchev–Trinajstić information content (AvgIpc) is 3.18. The van der Waals surface area contributed by atoms with Crippen molar-refractivity contribution in [3.05, 3.63) is 69.9 Å². The van der Waals surface area contributed by atoms with Crippen LogP contribution in [0.5, 0.6) is 0 Å². The summed E-state index contributed by atoms with van der Waals surface area (Å²) in [6.07, 6.45) is 0. The molecule has 0 spiro atoms. The molecule has 0 unspecified atom stereocenters. The lowest BCUT2D eigenvalue weighted by molar-refractivity contribution is 0.795. The molecule has 0 aliphatic rings. The second kappa shape index (κ2) is 6.80. The van der Waals surface area contributed by atoms with Gasteiger partial charge >= 0.3 is 5.69 Å². The van der Waals surface area contributed by atoms with Crippen LogP contribution in [0, 0.1) is 20.8 Å². The Morgan fingerprint density at radius 1 is 0.839 bits per heavy atom. The molecule has 0 radical (unpaired) electrons. The van der Waals surface area contributed by atoms with Crippen LogP contribution in [0.1, 0.15) is 17.0 Å². The number of nitrogens with one attached hydrogen (secondary N) is 1. The lowest BCUT2D eigenvalue weighted by Crippen LogP contribution is -2.19. The zero-order valence-corrected chi connectivity index (χ0v) is 18.1. The molecule has 0 aliphatic carbocycles. The van der Waals surface area contributed by atoms with Gasteiger partial charge in [0.05, 0.1) is 27.8 Å². The highest BCUT2D eigenvalue weighted by atomic mass is 16.1. The monoisotopic (exact) mass is 413 g/mol. The van der Waals surface area contributed by atoms with Crippen LogP contribution in [0.25, 0.3) is 27.9 Å². The molecule has 5 rings (SSSR count). The first kappa shape index (κ1) is 19.0. The fourth-order valence-electron chi connectivity index (χ4n) is 3.95. The highest BCUT2D eigenvalue weighted by Gasteiger charge is 2.16. The van der Waals surface area contributed by atoms with Gasteiger partial charge in [0.15, 0.2) is 11.6 Å². The molecule has 8 nitrogen and oxygen atoms in total. The predicted octanol–water partition coefficient (Wildman–Crippen LogP) is 3.67. The summed E-state index contributed by atoms with van der Waals surface area (Å²) in [6.45, 7) is 5.99. The Kier molecular flexibility index (Phi) is 4.18. The van der Waals surface area contributed by atoms with Crippen molar-refractivity contribution < 1.29 is 0 Å². The minimum Gasteiger partial charge on any atom is -0.337 e. The number of aromatic nitrogens is 6. The van der Waals surface area contributed by atoms with Gasteiger partial charge in [-0.1, -0.05) is 6.07 Å². The Labute approximate surface area is 178 Å². The number of fused-ring (bicyclic) bond motifs is 2. The van der Waals surface area contributed by atoms with E-state index in [2.05, 4.69) is 10.4 Å². The first-order valence-electron chi connectivity index (χ1n) is 10.1. The summed E-state index contributed by atoms with van der Waals surface area (Å²) in [7, 11) is 3.55. The van der Waals surface area contributed by atoms with Gasteiger partial charge < -0.3 is 5.32 Å². The maximum absolute atomic E-state index is 12.3. The first-order valence-corrected chi connectivity index (χ1v) is 10.1. The molecule has 31 heavy (non-hydrogen) atoms. The van der Waals surface area contributed by atoms with E-state index in [1.54, 1.807) is 23.2 Å². The smallest absolute Gasteiger partial charge is 0.328 e. The molecule has 0 amide bonds. The van der Waals surface area contributed by atoms with Crippen LogP contribution in [0.3, 0.4) is 0 Å². The maximum Gasteiger partial charge on any atom is 0.328 e. The Bertz CT molecular complexity index is 1540. The average molecular weight is 413 g/mol. The van der Waals surface area contributed by atoms with E-state index in [0.29, 0.717) is 11.6 Å². The third-order valence-electron chi connectivity index (χ3n) is 5.55. The lowest BCUT2D eigenvalue weighted by Gasteiger charge is -2.13. The fraction of sp³-hybridized carbons (Fsp3) is 0.217. The molecule has 2 aromatic carbocycles. The van der Waals surface area contributed by atoms with E-state index >= 15 is 0 Å². The van der Waals surface area contributed by atoms with Crippen LogP contribution >= 0.6 is 0 Å². The highest BCUT2D eigenvalue weighted by molar-refractivity contribution is 5.84. The molecule has 8 heteroatoms. The predicted molar refractivity (Wildman–Crippen MR) is 122 cm³/mol. The van der Waals surface area contributed by atoms with Crippen LogP contribution in [-0.2, 0) is 14.1 Å². The summed E-state index contributed by atoms with van der Waals surface area (Å²) in [5.41, 5.74) is 7.09. The molecule has 0 atom stereocenters. The Hall–Kier alpha value is -3.94. The second-order valence-corrected chi connectivity index (χ2v) is 7.96. The molecule has 3 aromatic heterocycles. The molecule has 0 saturated heterocycles. The quantitative estimate of drug-likeness (QED) is 0.488. The van der Waals surface area contributed by atoms with Crippen molar-refractivity contribution in [1.82, 2.24) is 28.9 Å². The number of hydrogen-bond donors (Lipinski definition) is 1. The zero-order valence-electron chi connectivity index (χ0n) is 18.1. The van der Waals surface area contributed by atoms with Crippen LogP contribution in [0.15, 0.2) is 47.3 Å². The van der Waals surface area contributed by atoms with E-state index in [-0.39, 0.29) is 5.69 Å². The zero-order chi connectivity index (χ0) is 21.9. The fourth-order valence-corrected chi connectivity index (χ4v) is 3.95. The van der Waals surface area contributed by atoms with E-state index in [9.17, 15) is 4.79 Å². The first-order chi connectivity index (χ1) is 14.8. The van der Waals surface area contributed by atoms with E-state index in [1.165, 1.54) is 0 Å². The van der Waals surface area contributed by atoms with E-state index in [1.807, 2.05) is 67.9 Å². The summed E-state index contributed by atoms with van der Waals surface area (Å²) in [5, 5.41) is 8.02. The Morgan fingerprint density at radius 2 is 1.61 bits per heavy atom. The molecule has 0 fully saturated rings. The molecule has 1 N–H and O–H groups in total. The molecule has 0 bridgehead atoms. The topological polar surface area (TPSA) is 82.6 Å². The Balaban J connectivity index is 1.70. The van der Waals surface area contributed by atoms with E-state index < -0.39 is 0 Å². The van der Waals surface area contributed by atoms with Gasteiger partial charge in [-0.3, -0.25) is 9.13 Å². The van der Waals surface area contributed by atoms with Gasteiger partial charge in [-0.15, -0.1) is 0 Å². The van der Waals surface area contributed by atoms with Crippen molar-refractivity contribution >= 4 is 33.6 Å². The Morgan fingerprint density at radius 3 is 2.35 bits per heavy atom. The van der Waals surface area contributed by atoms with Crippen molar-refractivity contribution in [2.24, 2.45) is 14.1 Å². The molecule has 0 saturated carbocycles. The van der Waals surface area contributed by atoms with Crippen molar-refractivity contribution in [1.29, 1.82) is 0 Å². The molecular formula is C23H23N7O. The van der Waals surface area contributed by atoms with Crippen molar-refractivity contribution in [3.8, 4) is 5.82 Å². The number of rotatable bonds is 3. The summed E-state index contributed by atoms with van der Waals surface area (Å²) in [4.78, 5) is 22.0. The minimum absolute atomic E-state index is 0.0589. The van der Waals surface area contributed by atoms with Gasteiger partial charge in [-0.25, -0.2) is 19.4 Å². The second-order valence-electron chi connectivity index (χ2n) is 7.96. The number of hydrogen-bond acceptors (Lipinski definition) is 5. The van der Waals surface area contributed by atoms with Gasteiger partial charge in [0.2, 0.25) is 0 Å². The standard InChI is InChI=1S/C23H23N7O/c1-13-6-8-17-18(10-13)26-22(30-15(3)11-14(2)27-30)21(25-17)24-16-7-9-19-20(12-16)29(5)23(31)28(19)4/h6-12H,1-5H3,(H,24,25). The highest BCUT2D eigenvalue weighted by Crippen LogP contribution is 2.27. The summed E-state index contributed by atoms with van der Waals surface area (Å²) in [6, 6.07) is 13.8. The number of nitrogens with zero attached hydrogens (tertiary/aromatic N) is 6. The molecule has 156 valence electrons. The summed E-state index contributed by atoms with van der Waals surface area (Å²) in [5.74, 6) is 1.23. The molecular weight excluding hydrogens is 390 g/mol. The number of imidazole rings is 1. The normalized spacial score (nSPS) is 11.5. The number of benzene rings is 2. The molecule has 0 aliphatic heterocycles. The van der Waals surface area contributed by atoms with Crippen molar-refractivity contribution in [2.75, 3.05) is 5.32 Å². The van der Waals surface area contributed by atoms with Gasteiger partial charge in [0, 0.05) is 25.5 Å². The van der Waals surface area contributed by atoms with Gasteiger partial charge in [0.25, 0.3) is 0 Å². The van der Waals surface area contributed by atoms with Gasteiger partial charge in [0.1, 0.15) is 0 Å². The maximum atomic E-state index is 12.3. The van der Waals surface area contributed by atoms with Crippen LogP contribution in [0.4, 0.5) is 11.5 Å². The van der Waals surface area contributed by atoms with E-state index in [0.717, 1.165) is 44.7 Å². The number of aryl methyl sites for hydroxylation is 5. The lowest BCUT2D eigenvalue weighted by atomic mass is 10.2. The number of anilines is 2. The SMILES string of the molecule is Cc1ccc2nc(Nc3ccc4c(c3)n(C)c(=O)n4C)c(-n3nc(C)cc3C)nc2c1. The molecule has 5 aromatic rings. The van der Waals surface area contributed by atoms with Crippen LogP contribution in [0.2, 0.25) is 0 Å². The van der Waals surface area contributed by atoms with Crippen molar-refractivity contribution in [2.45, 2.75) is 20.8 Å². The minimum atomic E-state index is -0.0589. The van der Waals surface area contributed by atoms with Crippen LogP contribution < -0.4 is 11.0 Å². The van der Waals surface area contributed by atoms with Gasteiger partial charge in [-0.05, 0) is 62.7 Å². The summed E-state index contributed by atoms with van der Waals surface area (Å²) < 4.78 is 5.08. The third-order valence-corrected chi connectivity index (χ3v) is 5.55. The largest absolute Gasteiger partial charge is 0.337 e. The van der Waals surface area contributed by atoms with Crippen molar-refractivity contribution in [3.63, 3.8) is 0 Å². The summed E-state index contributed by atoms with van der Waals surface area (Å²) >= 11 is 0. The van der Waals surface area contributed by atoms with E-state index in [4.69, 9.17) is 9.97 Å².